The normalized spacial score (nSPS) is 20.8. The fourth-order valence-corrected chi connectivity index (χ4v) is 3.56. The molecule has 0 amide bonds. The van der Waals surface area contributed by atoms with Crippen LogP contribution in [0.25, 0.3) is 5.69 Å². The first kappa shape index (κ1) is 16.4. The summed E-state index contributed by atoms with van der Waals surface area (Å²) in [6.07, 6.45) is 0.657. The number of nitrogens with zero attached hydrogens (tertiary/aromatic N) is 2. The number of anilines is 1. The van der Waals surface area contributed by atoms with E-state index in [1.54, 1.807) is 4.68 Å². The van der Waals surface area contributed by atoms with Gasteiger partial charge in [0.2, 0.25) is 0 Å². The van der Waals surface area contributed by atoms with E-state index in [0.717, 1.165) is 74.5 Å². The van der Waals surface area contributed by atoms with Gasteiger partial charge in [0.05, 0.1) is 16.9 Å². The highest BCUT2D eigenvalue weighted by Gasteiger charge is 2.31. The number of aromatic nitrogens is 2. The van der Waals surface area contributed by atoms with Crippen LogP contribution in [0.2, 0.25) is 0 Å². The maximum atomic E-state index is 12.8. The summed E-state index contributed by atoms with van der Waals surface area (Å²) < 4.78 is 46.0. The zero-order chi connectivity index (χ0) is 17.4. The van der Waals surface area contributed by atoms with Crippen molar-refractivity contribution in [2.24, 2.45) is 0 Å². The number of hydrogen-bond acceptors (Lipinski definition) is 3. The average Bonchev–Trinajstić information content (AvgIpc) is 3.16. The summed E-state index contributed by atoms with van der Waals surface area (Å²) in [7, 11) is 0. The first-order valence-electron chi connectivity index (χ1n) is 8.69. The molecule has 134 valence electrons. The van der Waals surface area contributed by atoms with Gasteiger partial charge in [0, 0.05) is 18.7 Å². The fourth-order valence-electron chi connectivity index (χ4n) is 3.56. The summed E-state index contributed by atoms with van der Waals surface area (Å²) in [6, 6.07) is 5.15. The molecule has 3 heterocycles. The zero-order valence-corrected chi connectivity index (χ0v) is 13.8. The summed E-state index contributed by atoms with van der Waals surface area (Å²) >= 11 is 0. The van der Waals surface area contributed by atoms with Gasteiger partial charge in [0.1, 0.15) is 11.9 Å². The van der Waals surface area contributed by atoms with Gasteiger partial charge < -0.3 is 10.1 Å². The van der Waals surface area contributed by atoms with E-state index in [0.29, 0.717) is 5.69 Å². The minimum Gasteiger partial charge on any atom is -0.372 e. The van der Waals surface area contributed by atoms with Crippen molar-refractivity contribution in [1.29, 1.82) is 0 Å². The number of hydrogen-bond donors (Lipinski definition) is 1. The van der Waals surface area contributed by atoms with Crippen molar-refractivity contribution in [2.45, 2.75) is 44.4 Å². The predicted octanol–water partition coefficient (Wildman–Crippen LogP) is 4.49. The van der Waals surface area contributed by atoms with Gasteiger partial charge in [0.15, 0.2) is 0 Å². The van der Waals surface area contributed by atoms with E-state index in [9.17, 15) is 13.2 Å². The van der Waals surface area contributed by atoms with E-state index in [1.165, 1.54) is 12.1 Å². The lowest BCUT2D eigenvalue weighted by molar-refractivity contribution is -0.137. The van der Waals surface area contributed by atoms with E-state index < -0.39 is 11.7 Å². The summed E-state index contributed by atoms with van der Waals surface area (Å²) in [4.78, 5) is 0. The van der Waals surface area contributed by atoms with Gasteiger partial charge in [-0.2, -0.15) is 18.3 Å². The smallest absolute Gasteiger partial charge is 0.372 e. The van der Waals surface area contributed by atoms with Crippen molar-refractivity contribution in [2.75, 3.05) is 18.5 Å². The van der Waals surface area contributed by atoms with Gasteiger partial charge in [-0.25, -0.2) is 4.68 Å². The minimum absolute atomic E-state index is 0.00986. The third kappa shape index (κ3) is 3.13. The molecule has 4 nitrogen and oxygen atoms in total. The predicted molar refractivity (Wildman–Crippen MR) is 87.9 cm³/mol. The van der Waals surface area contributed by atoms with Crippen LogP contribution in [0.4, 0.5) is 19.0 Å². The number of halogens is 3. The Labute approximate surface area is 144 Å². The van der Waals surface area contributed by atoms with Crippen LogP contribution in [0, 0.1) is 0 Å². The fraction of sp³-hybridized carbons (Fsp3) is 0.500. The lowest BCUT2D eigenvalue weighted by Crippen LogP contribution is -2.08. The molecule has 1 fully saturated rings. The molecule has 0 bridgehead atoms. The first-order chi connectivity index (χ1) is 12.0. The molecule has 0 aliphatic carbocycles. The monoisotopic (exact) mass is 351 g/mol. The second-order valence-corrected chi connectivity index (χ2v) is 6.55. The Kier molecular flexibility index (Phi) is 4.19. The molecular formula is C18H20F3N3O. The molecule has 1 atom stereocenters. The Morgan fingerprint density at radius 1 is 1.12 bits per heavy atom. The van der Waals surface area contributed by atoms with Gasteiger partial charge >= 0.3 is 6.18 Å². The Balaban J connectivity index is 1.76. The molecule has 7 heteroatoms. The molecule has 1 N–H and O–H groups in total. The Morgan fingerprint density at radius 2 is 1.92 bits per heavy atom. The zero-order valence-electron chi connectivity index (χ0n) is 13.8. The second kappa shape index (κ2) is 6.37. The van der Waals surface area contributed by atoms with Crippen LogP contribution in [0.1, 0.15) is 48.6 Å². The lowest BCUT2D eigenvalue weighted by atomic mass is 10.0. The highest BCUT2D eigenvalue weighted by Crippen LogP contribution is 2.37. The number of alkyl halides is 3. The van der Waals surface area contributed by atoms with Crippen molar-refractivity contribution in [3.8, 4) is 5.69 Å². The Morgan fingerprint density at radius 3 is 2.60 bits per heavy atom. The molecule has 2 aliphatic heterocycles. The molecule has 1 unspecified atom stereocenters. The summed E-state index contributed by atoms with van der Waals surface area (Å²) in [5, 5.41) is 8.13. The largest absolute Gasteiger partial charge is 0.416 e. The van der Waals surface area contributed by atoms with Crippen molar-refractivity contribution in [3.05, 3.63) is 41.1 Å². The highest BCUT2D eigenvalue weighted by molar-refractivity contribution is 5.55. The molecule has 0 radical (unpaired) electrons. The summed E-state index contributed by atoms with van der Waals surface area (Å²) in [5.74, 6) is 0.891. The van der Waals surface area contributed by atoms with Crippen LogP contribution >= 0.6 is 0 Å². The van der Waals surface area contributed by atoms with Crippen LogP contribution in [-0.2, 0) is 17.3 Å². The maximum absolute atomic E-state index is 12.8. The maximum Gasteiger partial charge on any atom is 0.416 e. The molecule has 25 heavy (non-hydrogen) atoms. The number of benzene rings is 1. The SMILES string of the molecule is FC(F)(F)c1ccc(-n2nc(C3CCCO3)c3c2NCCCC3)cc1. The molecule has 1 saturated heterocycles. The van der Waals surface area contributed by atoms with Crippen molar-refractivity contribution < 1.29 is 17.9 Å². The van der Waals surface area contributed by atoms with E-state index >= 15 is 0 Å². The number of rotatable bonds is 2. The van der Waals surface area contributed by atoms with Crippen LogP contribution < -0.4 is 5.32 Å². The van der Waals surface area contributed by atoms with Gasteiger partial charge in [-0.1, -0.05) is 0 Å². The minimum atomic E-state index is -4.33. The van der Waals surface area contributed by atoms with Gasteiger partial charge in [-0.05, 0) is 56.4 Å². The summed E-state index contributed by atoms with van der Waals surface area (Å²) in [6.45, 7) is 1.57. The Hall–Kier alpha value is -2.02. The molecule has 1 aromatic heterocycles. The Bertz CT molecular complexity index is 746. The van der Waals surface area contributed by atoms with E-state index in [4.69, 9.17) is 9.84 Å². The molecule has 4 rings (SSSR count). The van der Waals surface area contributed by atoms with Crippen molar-refractivity contribution in [3.63, 3.8) is 0 Å². The van der Waals surface area contributed by atoms with Gasteiger partial charge in [-0.3, -0.25) is 0 Å². The van der Waals surface area contributed by atoms with E-state index in [1.807, 2.05) is 0 Å². The van der Waals surface area contributed by atoms with Crippen molar-refractivity contribution in [1.82, 2.24) is 9.78 Å². The molecule has 0 spiro atoms. The number of ether oxygens (including phenoxy) is 1. The molecule has 2 aliphatic rings. The topological polar surface area (TPSA) is 39.1 Å². The lowest BCUT2D eigenvalue weighted by Gasteiger charge is -2.11. The first-order valence-corrected chi connectivity index (χ1v) is 8.69. The van der Waals surface area contributed by atoms with E-state index in [2.05, 4.69) is 5.32 Å². The standard InChI is InChI=1S/C18H20F3N3O/c19-18(20,21)12-6-8-13(9-7-12)24-17-14(4-1-2-10-22-17)16(23-24)15-5-3-11-25-15/h6-9,15,22H,1-5,10-11H2. The number of fused-ring (bicyclic) bond motifs is 1. The molecular weight excluding hydrogens is 331 g/mol. The van der Waals surface area contributed by atoms with Crippen LogP contribution in [0.3, 0.4) is 0 Å². The average molecular weight is 351 g/mol. The quantitative estimate of drug-likeness (QED) is 0.866. The molecule has 2 aromatic rings. The molecule has 0 saturated carbocycles. The van der Waals surface area contributed by atoms with Crippen LogP contribution in [0.5, 0.6) is 0 Å². The van der Waals surface area contributed by atoms with Gasteiger partial charge in [-0.15, -0.1) is 0 Å². The van der Waals surface area contributed by atoms with E-state index in [-0.39, 0.29) is 6.10 Å². The number of nitrogens with one attached hydrogen (secondary N) is 1. The van der Waals surface area contributed by atoms with Gasteiger partial charge in [0.25, 0.3) is 0 Å². The van der Waals surface area contributed by atoms with Crippen molar-refractivity contribution >= 4 is 5.82 Å². The third-order valence-electron chi connectivity index (χ3n) is 4.83. The van der Waals surface area contributed by atoms with Crippen LogP contribution in [-0.4, -0.2) is 22.9 Å². The highest BCUT2D eigenvalue weighted by atomic mass is 19.4. The second-order valence-electron chi connectivity index (χ2n) is 6.55. The third-order valence-corrected chi connectivity index (χ3v) is 4.83. The molecule has 1 aromatic carbocycles. The summed E-state index contributed by atoms with van der Waals surface area (Å²) in [5.41, 5.74) is 2.05. The van der Waals surface area contributed by atoms with Crippen LogP contribution in [0.15, 0.2) is 24.3 Å².